The van der Waals surface area contributed by atoms with Gasteiger partial charge in [-0.05, 0) is 26.0 Å². The number of hydrogen-bond donors (Lipinski definition) is 2. The van der Waals surface area contributed by atoms with E-state index in [0.29, 0.717) is 31.9 Å². The molecule has 0 radical (unpaired) electrons. The summed E-state index contributed by atoms with van der Waals surface area (Å²) in [5, 5.41) is 6.30. The Bertz CT molecular complexity index is 907. The summed E-state index contributed by atoms with van der Waals surface area (Å²) in [6.07, 6.45) is 0. The first-order valence-corrected chi connectivity index (χ1v) is 9.36. The van der Waals surface area contributed by atoms with Crippen LogP contribution in [-0.2, 0) is 20.9 Å². The highest BCUT2D eigenvalue weighted by Crippen LogP contribution is 2.31. The highest BCUT2D eigenvalue weighted by atomic mass is 16.5. The maximum Gasteiger partial charge on any atom is 0.271 e. The molecule has 2 aromatic rings. The number of likely N-dealkylation sites (N-methyl/N-ethyl adjacent to an activating group) is 1. The van der Waals surface area contributed by atoms with E-state index in [2.05, 4.69) is 10.6 Å². The summed E-state index contributed by atoms with van der Waals surface area (Å²) < 4.78 is 6.77. The fourth-order valence-electron chi connectivity index (χ4n) is 3.71. The maximum atomic E-state index is 13.1. The number of nitrogens with one attached hydrogen (secondary N) is 2. The van der Waals surface area contributed by atoms with Crippen LogP contribution in [0.1, 0.15) is 24.3 Å². The molecule has 8 heteroatoms. The lowest BCUT2D eigenvalue weighted by molar-refractivity contribution is -0.134. The third-order valence-electron chi connectivity index (χ3n) is 5.18. The fraction of sp³-hybridized carbons (Fsp3) is 0.450. The number of methoxy groups -OCH3 is 1. The normalized spacial score (nSPS) is 18.8. The quantitative estimate of drug-likeness (QED) is 0.687. The largest absolute Gasteiger partial charge is 0.383 e. The molecule has 0 saturated heterocycles. The van der Waals surface area contributed by atoms with E-state index in [1.165, 1.54) is 0 Å². The van der Waals surface area contributed by atoms with Crippen molar-refractivity contribution in [3.8, 4) is 0 Å². The molecule has 0 spiro atoms. The summed E-state index contributed by atoms with van der Waals surface area (Å²) in [7, 11) is 1.55. The molecule has 1 atom stereocenters. The van der Waals surface area contributed by atoms with Gasteiger partial charge in [0, 0.05) is 31.1 Å². The van der Waals surface area contributed by atoms with Gasteiger partial charge in [0.2, 0.25) is 11.8 Å². The molecule has 1 unspecified atom stereocenters. The lowest BCUT2D eigenvalue weighted by Crippen LogP contribution is -2.64. The standard InChI is InChI=1S/C20H26N4O4/c1-4-24-18(26)16-11-14-7-5-6-8-15(14)23(16)13-20(24,2)19(27)22-12-17(25)21-9-10-28-3/h5-8,11H,4,9-10,12-13H2,1-3H3,(H,21,25)(H,22,27). The van der Waals surface area contributed by atoms with E-state index in [-0.39, 0.29) is 24.3 Å². The van der Waals surface area contributed by atoms with E-state index in [4.69, 9.17) is 4.74 Å². The van der Waals surface area contributed by atoms with E-state index in [0.717, 1.165) is 10.9 Å². The summed E-state index contributed by atoms with van der Waals surface area (Å²) in [5.74, 6) is -0.841. The topological polar surface area (TPSA) is 92.7 Å². The maximum absolute atomic E-state index is 13.1. The van der Waals surface area contributed by atoms with Gasteiger partial charge >= 0.3 is 0 Å². The van der Waals surface area contributed by atoms with Crippen LogP contribution in [0.25, 0.3) is 10.9 Å². The Hall–Kier alpha value is -2.87. The molecule has 0 saturated carbocycles. The Kier molecular flexibility index (Phi) is 5.69. The molecule has 1 aromatic heterocycles. The number of carbonyl (C=O) groups is 3. The van der Waals surface area contributed by atoms with Crippen LogP contribution in [0.2, 0.25) is 0 Å². The van der Waals surface area contributed by atoms with Crippen molar-refractivity contribution in [3.05, 3.63) is 36.0 Å². The van der Waals surface area contributed by atoms with Crippen LogP contribution >= 0.6 is 0 Å². The Labute approximate surface area is 163 Å². The molecule has 28 heavy (non-hydrogen) atoms. The van der Waals surface area contributed by atoms with Crippen molar-refractivity contribution < 1.29 is 19.1 Å². The van der Waals surface area contributed by atoms with Crippen LogP contribution in [-0.4, -0.2) is 66.1 Å². The number of fused-ring (bicyclic) bond motifs is 3. The number of benzene rings is 1. The molecule has 150 valence electrons. The van der Waals surface area contributed by atoms with E-state index in [9.17, 15) is 14.4 Å². The Morgan fingerprint density at radius 2 is 2.00 bits per heavy atom. The Morgan fingerprint density at radius 1 is 1.25 bits per heavy atom. The summed E-state index contributed by atoms with van der Waals surface area (Å²) >= 11 is 0. The molecule has 8 nitrogen and oxygen atoms in total. The van der Waals surface area contributed by atoms with E-state index >= 15 is 0 Å². The summed E-state index contributed by atoms with van der Waals surface area (Å²) in [6, 6.07) is 9.58. The highest BCUT2D eigenvalue weighted by Gasteiger charge is 2.46. The first-order chi connectivity index (χ1) is 13.4. The van der Waals surface area contributed by atoms with Crippen LogP contribution < -0.4 is 10.6 Å². The van der Waals surface area contributed by atoms with Gasteiger partial charge in [-0.25, -0.2) is 0 Å². The van der Waals surface area contributed by atoms with Crippen molar-refractivity contribution >= 4 is 28.6 Å². The molecular formula is C20H26N4O4. The van der Waals surface area contributed by atoms with Gasteiger partial charge in [-0.3, -0.25) is 14.4 Å². The molecule has 1 aliphatic rings. The number of aromatic nitrogens is 1. The van der Waals surface area contributed by atoms with Gasteiger partial charge in [-0.1, -0.05) is 18.2 Å². The van der Waals surface area contributed by atoms with Crippen molar-refractivity contribution in [2.24, 2.45) is 0 Å². The van der Waals surface area contributed by atoms with Gasteiger partial charge < -0.3 is 24.8 Å². The average molecular weight is 386 g/mol. The fourth-order valence-corrected chi connectivity index (χ4v) is 3.71. The second-order valence-corrected chi connectivity index (χ2v) is 7.02. The zero-order valence-electron chi connectivity index (χ0n) is 16.4. The minimum atomic E-state index is -1.09. The van der Waals surface area contributed by atoms with Crippen molar-refractivity contribution in [2.45, 2.75) is 25.9 Å². The number of amides is 3. The molecule has 0 bridgehead atoms. The predicted octanol–water partition coefficient (Wildman–Crippen LogP) is 0.755. The Morgan fingerprint density at radius 3 is 2.71 bits per heavy atom. The summed E-state index contributed by atoms with van der Waals surface area (Å²) in [4.78, 5) is 39.6. The second kappa shape index (κ2) is 8.02. The molecule has 0 aliphatic carbocycles. The minimum Gasteiger partial charge on any atom is -0.383 e. The first kappa shape index (κ1) is 19.9. The van der Waals surface area contributed by atoms with Gasteiger partial charge in [0.15, 0.2) is 0 Å². The van der Waals surface area contributed by atoms with Crippen molar-refractivity contribution in [1.82, 2.24) is 20.1 Å². The van der Waals surface area contributed by atoms with E-state index in [1.54, 1.807) is 18.9 Å². The lowest BCUT2D eigenvalue weighted by atomic mass is 9.95. The first-order valence-electron chi connectivity index (χ1n) is 9.36. The molecule has 2 heterocycles. The predicted molar refractivity (Wildman–Crippen MR) is 105 cm³/mol. The van der Waals surface area contributed by atoms with Gasteiger partial charge in [-0.2, -0.15) is 0 Å². The molecule has 3 amide bonds. The van der Waals surface area contributed by atoms with Crippen molar-refractivity contribution in [2.75, 3.05) is 33.4 Å². The van der Waals surface area contributed by atoms with Crippen molar-refractivity contribution in [1.29, 1.82) is 0 Å². The van der Waals surface area contributed by atoms with Crippen LogP contribution in [0.5, 0.6) is 0 Å². The molecule has 0 fully saturated rings. The highest BCUT2D eigenvalue weighted by molar-refractivity contribution is 6.04. The second-order valence-electron chi connectivity index (χ2n) is 7.02. The molecular weight excluding hydrogens is 360 g/mol. The number of ether oxygens (including phenoxy) is 1. The zero-order chi connectivity index (χ0) is 20.3. The van der Waals surface area contributed by atoms with Crippen molar-refractivity contribution in [3.63, 3.8) is 0 Å². The molecule has 1 aliphatic heterocycles. The number of para-hydroxylation sites is 1. The number of rotatable bonds is 7. The number of hydrogen-bond acceptors (Lipinski definition) is 4. The van der Waals surface area contributed by atoms with Gasteiger partial charge in [-0.15, -0.1) is 0 Å². The summed E-state index contributed by atoms with van der Waals surface area (Å²) in [6.45, 7) is 4.93. The van der Waals surface area contributed by atoms with Gasteiger partial charge in [0.25, 0.3) is 5.91 Å². The van der Waals surface area contributed by atoms with Gasteiger partial charge in [0.1, 0.15) is 11.2 Å². The van der Waals surface area contributed by atoms with E-state index in [1.807, 2.05) is 41.8 Å². The number of carbonyl (C=O) groups excluding carboxylic acids is 3. The van der Waals surface area contributed by atoms with Crippen LogP contribution in [0, 0.1) is 0 Å². The molecule has 2 N–H and O–H groups in total. The smallest absolute Gasteiger partial charge is 0.271 e. The SMILES string of the molecule is CCN1C(=O)c2cc3ccccc3n2CC1(C)C(=O)NCC(=O)NCCOC. The summed E-state index contributed by atoms with van der Waals surface area (Å²) in [5.41, 5.74) is 0.400. The monoisotopic (exact) mass is 386 g/mol. The average Bonchev–Trinajstić information content (AvgIpc) is 3.05. The van der Waals surface area contributed by atoms with E-state index < -0.39 is 5.54 Å². The molecule has 1 aromatic carbocycles. The Balaban J connectivity index is 1.82. The van der Waals surface area contributed by atoms with Crippen LogP contribution in [0.15, 0.2) is 30.3 Å². The van der Waals surface area contributed by atoms with Crippen LogP contribution in [0.4, 0.5) is 0 Å². The van der Waals surface area contributed by atoms with Gasteiger partial charge in [0.05, 0.1) is 19.7 Å². The lowest BCUT2D eigenvalue weighted by Gasteiger charge is -2.43. The minimum absolute atomic E-state index is 0.150. The number of nitrogens with zero attached hydrogens (tertiary/aromatic N) is 2. The zero-order valence-corrected chi connectivity index (χ0v) is 16.4. The third-order valence-corrected chi connectivity index (χ3v) is 5.18. The van der Waals surface area contributed by atoms with Crippen LogP contribution in [0.3, 0.4) is 0 Å². The molecule has 3 rings (SSSR count). The third kappa shape index (κ3) is 3.47.